The number of carbonyl (C=O) groups excluding carboxylic acids is 1. The highest BCUT2D eigenvalue weighted by Crippen LogP contribution is 2.25. The molecule has 0 aliphatic heterocycles. The van der Waals surface area contributed by atoms with Crippen molar-refractivity contribution in [2.45, 2.75) is 18.6 Å². The smallest absolute Gasteiger partial charge is 0.208 e. The molecule has 0 aliphatic carbocycles. The third-order valence-corrected chi connectivity index (χ3v) is 5.37. The highest BCUT2D eigenvalue weighted by molar-refractivity contribution is 7.99. The zero-order valence-electron chi connectivity index (χ0n) is 14.6. The van der Waals surface area contributed by atoms with Gasteiger partial charge in [-0.25, -0.2) is 0 Å². The molecule has 0 unspecified atom stereocenters. The molecule has 0 saturated carbocycles. The lowest BCUT2D eigenvalue weighted by Gasteiger charge is -2.08. The van der Waals surface area contributed by atoms with Crippen LogP contribution < -0.4 is 0 Å². The number of rotatable bonds is 6. The van der Waals surface area contributed by atoms with Gasteiger partial charge < -0.3 is 8.98 Å². The van der Waals surface area contributed by atoms with Gasteiger partial charge in [0.1, 0.15) is 11.4 Å². The quantitative estimate of drug-likeness (QED) is 0.338. The monoisotopic (exact) mass is 397 g/mol. The van der Waals surface area contributed by atoms with Crippen LogP contribution in [-0.4, -0.2) is 26.3 Å². The van der Waals surface area contributed by atoms with Crippen LogP contribution in [0.1, 0.15) is 21.9 Å². The normalized spacial score (nSPS) is 11.2. The van der Waals surface area contributed by atoms with Gasteiger partial charge in [0.2, 0.25) is 5.78 Å². The molecule has 5 nitrogen and oxygen atoms in total. The van der Waals surface area contributed by atoms with Gasteiger partial charge in [0, 0.05) is 10.4 Å². The number of fused-ring (bicyclic) bond motifs is 1. The summed E-state index contributed by atoms with van der Waals surface area (Å²) >= 11 is 7.34. The van der Waals surface area contributed by atoms with E-state index in [-0.39, 0.29) is 11.5 Å². The molecule has 4 aromatic rings. The van der Waals surface area contributed by atoms with Gasteiger partial charge in [-0.05, 0) is 36.8 Å². The van der Waals surface area contributed by atoms with Gasteiger partial charge in [0.05, 0.1) is 12.3 Å². The molecule has 0 spiro atoms. The lowest BCUT2D eigenvalue weighted by atomic mass is 10.2. The van der Waals surface area contributed by atoms with E-state index < -0.39 is 0 Å². The molecule has 0 amide bonds. The van der Waals surface area contributed by atoms with Crippen molar-refractivity contribution in [1.82, 2.24) is 14.8 Å². The highest BCUT2D eigenvalue weighted by Gasteiger charge is 2.16. The third kappa shape index (κ3) is 3.91. The first kappa shape index (κ1) is 17.8. The summed E-state index contributed by atoms with van der Waals surface area (Å²) in [5.41, 5.74) is 1.80. The Labute approximate surface area is 165 Å². The molecule has 0 fully saturated rings. The first-order chi connectivity index (χ1) is 13.1. The van der Waals surface area contributed by atoms with Gasteiger partial charge in [-0.3, -0.25) is 4.79 Å². The lowest BCUT2D eigenvalue weighted by Crippen LogP contribution is -2.06. The summed E-state index contributed by atoms with van der Waals surface area (Å²) in [7, 11) is 0. The summed E-state index contributed by atoms with van der Waals surface area (Å²) in [4.78, 5) is 12.5. The largest absolute Gasteiger partial charge is 0.453 e. The maximum absolute atomic E-state index is 12.5. The number of hydrogen-bond acceptors (Lipinski definition) is 5. The number of furan rings is 1. The molecule has 0 aliphatic rings. The van der Waals surface area contributed by atoms with Crippen LogP contribution in [0, 0.1) is 6.92 Å². The topological polar surface area (TPSA) is 60.9 Å². The second-order valence-corrected chi connectivity index (χ2v) is 7.49. The Morgan fingerprint density at radius 2 is 1.96 bits per heavy atom. The van der Waals surface area contributed by atoms with Crippen molar-refractivity contribution in [2.24, 2.45) is 0 Å². The Balaban J connectivity index is 1.49. The average molecular weight is 398 g/mol. The van der Waals surface area contributed by atoms with E-state index in [9.17, 15) is 4.79 Å². The van der Waals surface area contributed by atoms with E-state index in [1.807, 2.05) is 29.7 Å². The van der Waals surface area contributed by atoms with Gasteiger partial charge in [-0.1, -0.05) is 53.7 Å². The van der Waals surface area contributed by atoms with E-state index in [4.69, 9.17) is 16.0 Å². The molecule has 0 saturated heterocycles. The minimum atomic E-state index is -0.0979. The number of benzene rings is 2. The molecule has 2 aromatic heterocycles. The Hall–Kier alpha value is -2.57. The standard InChI is InChI=1S/C20H16ClN3O2S/c1-13-22-23-20(24(13)11-14-5-3-2-4-6-14)27-12-17(25)19-10-15-9-16(21)7-8-18(15)26-19/h2-10H,11-12H2,1H3. The first-order valence-corrected chi connectivity index (χ1v) is 9.75. The Bertz CT molecular complexity index is 1110. The Morgan fingerprint density at radius 3 is 2.78 bits per heavy atom. The van der Waals surface area contributed by atoms with E-state index >= 15 is 0 Å². The molecule has 0 bridgehead atoms. The van der Waals surface area contributed by atoms with Crippen LogP contribution in [0.25, 0.3) is 11.0 Å². The molecule has 27 heavy (non-hydrogen) atoms. The van der Waals surface area contributed by atoms with Gasteiger partial charge in [-0.15, -0.1) is 10.2 Å². The van der Waals surface area contributed by atoms with Crippen LogP contribution in [0.5, 0.6) is 0 Å². The number of ketones is 1. The SMILES string of the molecule is Cc1nnc(SCC(=O)c2cc3cc(Cl)ccc3o2)n1Cc1ccccc1. The molecule has 2 heterocycles. The van der Waals surface area contributed by atoms with Crippen LogP contribution in [0.4, 0.5) is 0 Å². The summed E-state index contributed by atoms with van der Waals surface area (Å²) in [6, 6.07) is 17.1. The van der Waals surface area contributed by atoms with Crippen molar-refractivity contribution >= 4 is 40.1 Å². The minimum Gasteiger partial charge on any atom is -0.453 e. The summed E-state index contributed by atoms with van der Waals surface area (Å²) in [6.45, 7) is 2.57. The molecule has 7 heteroatoms. The fourth-order valence-corrected chi connectivity index (χ4v) is 3.80. The number of halogens is 1. The van der Waals surface area contributed by atoms with Crippen LogP contribution >= 0.6 is 23.4 Å². The molecule has 0 atom stereocenters. The number of hydrogen-bond donors (Lipinski definition) is 0. The number of Topliss-reactive ketones (excluding diaryl/α,β-unsaturated/α-hetero) is 1. The fraction of sp³-hybridized carbons (Fsp3) is 0.150. The van der Waals surface area contributed by atoms with Crippen LogP contribution in [-0.2, 0) is 6.54 Å². The van der Waals surface area contributed by atoms with E-state index in [0.29, 0.717) is 28.1 Å². The molecule has 4 rings (SSSR count). The predicted octanol–water partition coefficient (Wildman–Crippen LogP) is 5.01. The van der Waals surface area contributed by atoms with Crippen molar-refractivity contribution in [2.75, 3.05) is 5.75 Å². The Morgan fingerprint density at radius 1 is 1.15 bits per heavy atom. The third-order valence-electron chi connectivity index (χ3n) is 4.17. The fourth-order valence-electron chi connectivity index (χ4n) is 2.77. The average Bonchev–Trinajstić information content (AvgIpc) is 3.24. The van der Waals surface area contributed by atoms with Crippen LogP contribution in [0.3, 0.4) is 0 Å². The van der Waals surface area contributed by atoms with E-state index in [1.54, 1.807) is 24.3 Å². The first-order valence-electron chi connectivity index (χ1n) is 8.39. The van der Waals surface area contributed by atoms with Crippen molar-refractivity contribution in [3.8, 4) is 0 Å². The number of aromatic nitrogens is 3. The van der Waals surface area contributed by atoms with Crippen molar-refractivity contribution in [1.29, 1.82) is 0 Å². The van der Waals surface area contributed by atoms with Gasteiger partial charge in [-0.2, -0.15) is 0 Å². The second kappa shape index (κ2) is 7.58. The molecular formula is C20H16ClN3O2S. The number of carbonyl (C=O) groups is 1. The zero-order valence-corrected chi connectivity index (χ0v) is 16.1. The lowest BCUT2D eigenvalue weighted by molar-refractivity contribution is 0.0994. The summed E-state index contributed by atoms with van der Waals surface area (Å²) in [6.07, 6.45) is 0. The van der Waals surface area contributed by atoms with Gasteiger partial charge in [0.15, 0.2) is 10.9 Å². The molecular weight excluding hydrogens is 382 g/mol. The van der Waals surface area contributed by atoms with Gasteiger partial charge in [0.25, 0.3) is 0 Å². The zero-order chi connectivity index (χ0) is 18.8. The van der Waals surface area contributed by atoms with Crippen molar-refractivity contribution in [3.05, 3.63) is 76.8 Å². The maximum Gasteiger partial charge on any atom is 0.208 e. The minimum absolute atomic E-state index is 0.0979. The Kier molecular flexibility index (Phi) is 5.01. The van der Waals surface area contributed by atoms with E-state index in [2.05, 4.69) is 22.3 Å². The maximum atomic E-state index is 12.5. The predicted molar refractivity (Wildman–Crippen MR) is 107 cm³/mol. The van der Waals surface area contributed by atoms with Crippen molar-refractivity contribution in [3.63, 3.8) is 0 Å². The van der Waals surface area contributed by atoms with E-state index in [1.165, 1.54) is 11.8 Å². The number of nitrogens with zero attached hydrogens (tertiary/aromatic N) is 3. The molecule has 0 radical (unpaired) electrons. The van der Waals surface area contributed by atoms with Crippen LogP contribution in [0.2, 0.25) is 5.02 Å². The molecule has 2 aromatic carbocycles. The van der Waals surface area contributed by atoms with Crippen LogP contribution in [0.15, 0.2) is 64.2 Å². The van der Waals surface area contributed by atoms with Crippen molar-refractivity contribution < 1.29 is 9.21 Å². The summed E-state index contributed by atoms with van der Waals surface area (Å²) in [5, 5.41) is 10.5. The van der Waals surface area contributed by atoms with Gasteiger partial charge >= 0.3 is 0 Å². The number of thioether (sulfide) groups is 1. The van der Waals surface area contributed by atoms with E-state index in [0.717, 1.165) is 16.8 Å². The molecule has 136 valence electrons. The number of aryl methyl sites for hydroxylation is 1. The second-order valence-electron chi connectivity index (χ2n) is 6.11. The molecule has 0 N–H and O–H groups in total. The summed E-state index contributed by atoms with van der Waals surface area (Å²) in [5.74, 6) is 1.26. The highest BCUT2D eigenvalue weighted by atomic mass is 35.5. The summed E-state index contributed by atoms with van der Waals surface area (Å²) < 4.78 is 7.65.